The van der Waals surface area contributed by atoms with Gasteiger partial charge < -0.3 is 10.0 Å². The van der Waals surface area contributed by atoms with E-state index in [0.29, 0.717) is 12.5 Å². The molecule has 19 heavy (non-hydrogen) atoms. The minimum absolute atomic E-state index is 0.104. The molecule has 0 radical (unpaired) electrons. The molecule has 0 spiro atoms. The minimum Gasteiger partial charge on any atom is -0.480 e. The number of nitrogens with zero attached hydrogens (tertiary/aromatic N) is 1. The first-order chi connectivity index (χ1) is 9.03. The van der Waals surface area contributed by atoms with Crippen molar-refractivity contribution >= 4 is 11.9 Å². The third-order valence-electron chi connectivity index (χ3n) is 5.63. The molecule has 2 saturated carbocycles. The molecule has 3 atom stereocenters. The molecule has 0 bridgehead atoms. The largest absolute Gasteiger partial charge is 0.480 e. The summed E-state index contributed by atoms with van der Waals surface area (Å²) < 4.78 is 0. The van der Waals surface area contributed by atoms with Crippen LogP contribution in [0.1, 0.15) is 51.9 Å². The van der Waals surface area contributed by atoms with Crippen molar-refractivity contribution in [3.05, 3.63) is 0 Å². The fraction of sp³-hybridized carbons (Fsp3) is 0.867. The molecule has 1 saturated heterocycles. The molecule has 106 valence electrons. The highest BCUT2D eigenvalue weighted by Crippen LogP contribution is 2.46. The highest BCUT2D eigenvalue weighted by atomic mass is 16.4. The number of fused-ring (bicyclic) bond motifs is 1. The predicted octanol–water partition coefficient (Wildman–Crippen LogP) is 2.28. The van der Waals surface area contributed by atoms with Crippen LogP contribution in [0.15, 0.2) is 0 Å². The molecule has 3 unspecified atom stereocenters. The summed E-state index contributed by atoms with van der Waals surface area (Å²) in [6.45, 7) is 2.70. The first-order valence-corrected chi connectivity index (χ1v) is 7.57. The number of likely N-dealkylation sites (tertiary alicyclic amines) is 1. The molecule has 0 aromatic heterocycles. The smallest absolute Gasteiger partial charge is 0.326 e. The van der Waals surface area contributed by atoms with E-state index in [1.165, 1.54) is 0 Å². The number of aliphatic carboxylic acids is 1. The zero-order valence-electron chi connectivity index (χ0n) is 11.6. The summed E-state index contributed by atoms with van der Waals surface area (Å²) >= 11 is 0. The van der Waals surface area contributed by atoms with E-state index in [1.54, 1.807) is 4.90 Å². The highest BCUT2D eigenvalue weighted by molar-refractivity contribution is 5.88. The van der Waals surface area contributed by atoms with Crippen LogP contribution in [-0.4, -0.2) is 34.5 Å². The second-order valence-corrected chi connectivity index (χ2v) is 6.86. The van der Waals surface area contributed by atoms with Crippen LogP contribution in [-0.2, 0) is 9.59 Å². The monoisotopic (exact) mass is 265 g/mol. The summed E-state index contributed by atoms with van der Waals surface area (Å²) in [6, 6.07) is -0.558. The minimum atomic E-state index is -0.802. The van der Waals surface area contributed by atoms with Crippen LogP contribution in [0.5, 0.6) is 0 Å². The molecule has 0 aromatic rings. The summed E-state index contributed by atoms with van der Waals surface area (Å²) in [5.74, 6) is -0.0716. The molecule has 4 nitrogen and oxygen atoms in total. The number of hydrogen-bond donors (Lipinski definition) is 1. The quantitative estimate of drug-likeness (QED) is 0.833. The van der Waals surface area contributed by atoms with Gasteiger partial charge in [0.15, 0.2) is 0 Å². The third kappa shape index (κ3) is 1.96. The van der Waals surface area contributed by atoms with Crippen molar-refractivity contribution in [2.45, 2.75) is 57.9 Å². The second-order valence-electron chi connectivity index (χ2n) is 6.86. The van der Waals surface area contributed by atoms with Gasteiger partial charge in [-0.15, -0.1) is 0 Å². The molecule has 1 aliphatic heterocycles. The number of carboxylic acid groups (broad SMARTS) is 1. The number of hydrogen-bond acceptors (Lipinski definition) is 2. The first-order valence-electron chi connectivity index (χ1n) is 7.57. The predicted molar refractivity (Wildman–Crippen MR) is 70.5 cm³/mol. The van der Waals surface area contributed by atoms with Crippen LogP contribution in [0, 0.1) is 17.3 Å². The number of carbonyl (C=O) groups is 2. The normalized spacial score (nSPS) is 36.5. The molecule has 4 heteroatoms. The van der Waals surface area contributed by atoms with Gasteiger partial charge in [0.05, 0.1) is 0 Å². The Morgan fingerprint density at radius 1 is 1.16 bits per heavy atom. The topological polar surface area (TPSA) is 57.6 Å². The Labute approximate surface area is 114 Å². The van der Waals surface area contributed by atoms with Crippen molar-refractivity contribution in [2.75, 3.05) is 6.54 Å². The van der Waals surface area contributed by atoms with Gasteiger partial charge in [0.2, 0.25) is 5.91 Å². The van der Waals surface area contributed by atoms with Crippen LogP contribution in [0.2, 0.25) is 0 Å². The van der Waals surface area contributed by atoms with Gasteiger partial charge in [-0.2, -0.15) is 0 Å². The van der Waals surface area contributed by atoms with Crippen LogP contribution < -0.4 is 0 Å². The van der Waals surface area contributed by atoms with E-state index in [1.807, 2.05) is 6.92 Å². The molecular formula is C15H23NO3. The number of carbonyl (C=O) groups excluding carboxylic acids is 1. The van der Waals surface area contributed by atoms with E-state index in [-0.39, 0.29) is 17.2 Å². The summed E-state index contributed by atoms with van der Waals surface area (Å²) in [4.78, 5) is 26.1. The van der Waals surface area contributed by atoms with Gasteiger partial charge in [-0.05, 0) is 37.5 Å². The van der Waals surface area contributed by atoms with Crippen molar-refractivity contribution in [1.29, 1.82) is 0 Å². The van der Waals surface area contributed by atoms with Crippen molar-refractivity contribution in [2.24, 2.45) is 17.3 Å². The second kappa shape index (κ2) is 4.50. The number of carboxylic acids is 1. The molecule has 3 fully saturated rings. The fourth-order valence-electron chi connectivity index (χ4n) is 4.55. The van der Waals surface area contributed by atoms with Gasteiger partial charge in [0, 0.05) is 12.0 Å². The average molecular weight is 265 g/mol. The van der Waals surface area contributed by atoms with E-state index in [4.69, 9.17) is 0 Å². The van der Waals surface area contributed by atoms with Gasteiger partial charge in [-0.3, -0.25) is 4.79 Å². The standard InChI is InChI=1S/C15H23NO3/c1-15(7-2-3-8-15)14(19)16-9-10-5-4-6-11(10)12(16)13(17)18/h10-12H,2-9H2,1H3,(H,17,18). The average Bonchev–Trinajstić information content (AvgIpc) is 3.01. The van der Waals surface area contributed by atoms with Crippen LogP contribution in [0.4, 0.5) is 0 Å². The Hall–Kier alpha value is -1.06. The first kappa shape index (κ1) is 12.9. The van der Waals surface area contributed by atoms with E-state index in [9.17, 15) is 14.7 Å². The Morgan fingerprint density at radius 3 is 2.47 bits per heavy atom. The van der Waals surface area contributed by atoms with Gasteiger partial charge in [0.1, 0.15) is 6.04 Å². The van der Waals surface area contributed by atoms with Crippen molar-refractivity contribution in [3.8, 4) is 0 Å². The van der Waals surface area contributed by atoms with E-state index >= 15 is 0 Å². The molecule has 1 amide bonds. The lowest BCUT2D eigenvalue weighted by molar-refractivity contribution is -0.153. The lowest BCUT2D eigenvalue weighted by atomic mass is 9.86. The lowest BCUT2D eigenvalue weighted by Crippen LogP contribution is -2.48. The molecule has 2 aliphatic carbocycles. The highest BCUT2D eigenvalue weighted by Gasteiger charge is 2.52. The van der Waals surface area contributed by atoms with Gasteiger partial charge >= 0.3 is 5.97 Å². The van der Waals surface area contributed by atoms with E-state index < -0.39 is 12.0 Å². The fourth-order valence-corrected chi connectivity index (χ4v) is 4.55. The molecule has 3 aliphatic rings. The summed E-state index contributed by atoms with van der Waals surface area (Å²) in [7, 11) is 0. The van der Waals surface area contributed by atoms with E-state index in [0.717, 1.165) is 44.9 Å². The van der Waals surface area contributed by atoms with Gasteiger partial charge in [0.25, 0.3) is 0 Å². The Morgan fingerprint density at radius 2 is 1.84 bits per heavy atom. The van der Waals surface area contributed by atoms with Crippen LogP contribution in [0.25, 0.3) is 0 Å². The van der Waals surface area contributed by atoms with E-state index in [2.05, 4.69) is 0 Å². The van der Waals surface area contributed by atoms with Crippen molar-refractivity contribution < 1.29 is 14.7 Å². The maximum atomic E-state index is 12.8. The Bertz CT molecular complexity index is 400. The molecule has 3 rings (SSSR count). The number of amides is 1. The Kier molecular flexibility index (Phi) is 3.06. The van der Waals surface area contributed by atoms with Crippen LogP contribution in [0.3, 0.4) is 0 Å². The third-order valence-corrected chi connectivity index (χ3v) is 5.63. The molecular weight excluding hydrogens is 242 g/mol. The number of rotatable bonds is 2. The summed E-state index contributed by atoms with van der Waals surface area (Å²) in [5.41, 5.74) is -0.299. The molecule has 0 aromatic carbocycles. The molecule has 1 N–H and O–H groups in total. The summed E-state index contributed by atoms with van der Waals surface area (Å²) in [6.07, 6.45) is 7.23. The summed E-state index contributed by atoms with van der Waals surface area (Å²) in [5, 5.41) is 9.51. The molecule has 1 heterocycles. The van der Waals surface area contributed by atoms with Gasteiger partial charge in [-0.25, -0.2) is 4.79 Å². The van der Waals surface area contributed by atoms with Crippen molar-refractivity contribution in [1.82, 2.24) is 4.90 Å². The van der Waals surface area contributed by atoms with Gasteiger partial charge in [-0.1, -0.05) is 26.2 Å². The maximum absolute atomic E-state index is 12.8. The van der Waals surface area contributed by atoms with Crippen LogP contribution >= 0.6 is 0 Å². The SMILES string of the molecule is CC1(C(=O)N2CC3CCCC3C2C(=O)O)CCCC1. The zero-order valence-corrected chi connectivity index (χ0v) is 11.6. The maximum Gasteiger partial charge on any atom is 0.326 e. The Balaban J connectivity index is 1.83. The zero-order chi connectivity index (χ0) is 13.6. The van der Waals surface area contributed by atoms with Crippen molar-refractivity contribution in [3.63, 3.8) is 0 Å². The lowest BCUT2D eigenvalue weighted by Gasteiger charge is -2.32.